The van der Waals surface area contributed by atoms with Gasteiger partial charge in [-0.2, -0.15) is 5.26 Å². The Balaban J connectivity index is 1.42. The number of carbonyl (C=O) groups excluding carboxylic acids is 1. The number of aromatic nitrogens is 1. The van der Waals surface area contributed by atoms with Gasteiger partial charge in [0.25, 0.3) is 0 Å². The Bertz CT molecular complexity index is 833. The van der Waals surface area contributed by atoms with Gasteiger partial charge in [0.15, 0.2) is 0 Å². The Labute approximate surface area is 158 Å². The Morgan fingerprint density at radius 2 is 1.93 bits per heavy atom. The maximum absolute atomic E-state index is 13.3. The number of hydrogen-bond donors (Lipinski definition) is 0. The average molecular weight is 363 g/mol. The molecule has 0 bridgehead atoms. The molecule has 0 saturated carbocycles. The standard InChI is InChI=1S/C21H21N3O3/c22-12-16-6-7-19(23-13-16)27-18-14-24(15-18)20(25)21(8-10-26-11-9-21)17-4-2-1-3-5-17/h1-7,13,18H,8-11,14-15H2. The van der Waals surface area contributed by atoms with Gasteiger partial charge in [0.2, 0.25) is 11.8 Å². The number of benzene rings is 1. The van der Waals surface area contributed by atoms with E-state index >= 15 is 0 Å². The van der Waals surface area contributed by atoms with Crippen molar-refractivity contribution in [3.63, 3.8) is 0 Å². The number of likely N-dealkylation sites (tertiary alicyclic amines) is 1. The molecule has 1 aromatic carbocycles. The molecule has 0 aliphatic carbocycles. The van der Waals surface area contributed by atoms with Crippen LogP contribution in [-0.2, 0) is 14.9 Å². The molecule has 4 rings (SSSR count). The number of nitrogens with zero attached hydrogens (tertiary/aromatic N) is 3. The number of amides is 1. The summed E-state index contributed by atoms with van der Waals surface area (Å²) >= 11 is 0. The zero-order valence-electron chi connectivity index (χ0n) is 15.0. The van der Waals surface area contributed by atoms with Crippen LogP contribution in [0.25, 0.3) is 0 Å². The summed E-state index contributed by atoms with van der Waals surface area (Å²) in [5, 5.41) is 8.82. The molecule has 0 radical (unpaired) electrons. The maximum Gasteiger partial charge on any atom is 0.233 e. The Morgan fingerprint density at radius 3 is 2.56 bits per heavy atom. The van der Waals surface area contributed by atoms with Crippen LogP contribution in [0.4, 0.5) is 0 Å². The minimum atomic E-state index is -0.503. The molecular weight excluding hydrogens is 342 g/mol. The molecule has 2 aromatic rings. The lowest BCUT2D eigenvalue weighted by atomic mass is 9.72. The minimum Gasteiger partial charge on any atom is -0.471 e. The van der Waals surface area contributed by atoms with Crippen LogP contribution in [0.2, 0.25) is 0 Å². The zero-order valence-corrected chi connectivity index (χ0v) is 15.0. The second-order valence-electron chi connectivity index (χ2n) is 7.01. The van der Waals surface area contributed by atoms with E-state index in [1.807, 2.05) is 41.3 Å². The topological polar surface area (TPSA) is 75.5 Å². The summed E-state index contributed by atoms with van der Waals surface area (Å²) in [6, 6.07) is 15.4. The van der Waals surface area contributed by atoms with E-state index in [1.165, 1.54) is 6.20 Å². The van der Waals surface area contributed by atoms with Crippen molar-refractivity contribution in [2.45, 2.75) is 24.4 Å². The van der Waals surface area contributed by atoms with Crippen LogP contribution < -0.4 is 4.74 Å². The smallest absolute Gasteiger partial charge is 0.233 e. The van der Waals surface area contributed by atoms with E-state index < -0.39 is 5.41 Å². The number of ether oxygens (including phenoxy) is 2. The van der Waals surface area contributed by atoms with Crippen molar-refractivity contribution >= 4 is 5.91 Å². The van der Waals surface area contributed by atoms with Crippen LogP contribution in [-0.4, -0.2) is 48.2 Å². The van der Waals surface area contributed by atoms with Crippen molar-refractivity contribution in [3.05, 3.63) is 59.8 Å². The first-order chi connectivity index (χ1) is 13.2. The third-order valence-corrected chi connectivity index (χ3v) is 5.37. The SMILES string of the molecule is N#Cc1ccc(OC2CN(C(=O)C3(c4ccccc4)CCOCC3)C2)nc1. The van der Waals surface area contributed by atoms with Crippen molar-refractivity contribution in [2.75, 3.05) is 26.3 Å². The average Bonchev–Trinajstić information content (AvgIpc) is 2.71. The van der Waals surface area contributed by atoms with E-state index in [1.54, 1.807) is 12.1 Å². The molecule has 3 heterocycles. The van der Waals surface area contributed by atoms with E-state index in [0.717, 1.165) is 5.56 Å². The zero-order chi connectivity index (χ0) is 18.7. The van der Waals surface area contributed by atoms with Crippen LogP contribution in [0.5, 0.6) is 5.88 Å². The molecule has 2 aliphatic rings. The van der Waals surface area contributed by atoms with Gasteiger partial charge < -0.3 is 14.4 Å². The van der Waals surface area contributed by atoms with E-state index in [0.29, 0.717) is 50.6 Å². The minimum absolute atomic E-state index is 0.0675. The Hall–Kier alpha value is -2.91. The third kappa shape index (κ3) is 3.38. The molecule has 0 unspecified atom stereocenters. The van der Waals surface area contributed by atoms with Gasteiger partial charge in [0.05, 0.1) is 24.1 Å². The predicted octanol–water partition coefficient (Wildman–Crippen LogP) is 2.29. The normalized spacial score (nSPS) is 19.0. The van der Waals surface area contributed by atoms with Crippen molar-refractivity contribution in [2.24, 2.45) is 0 Å². The fourth-order valence-electron chi connectivity index (χ4n) is 3.77. The van der Waals surface area contributed by atoms with Crippen LogP contribution in [0.3, 0.4) is 0 Å². The van der Waals surface area contributed by atoms with E-state index in [4.69, 9.17) is 14.7 Å². The number of hydrogen-bond acceptors (Lipinski definition) is 5. The first-order valence-electron chi connectivity index (χ1n) is 9.17. The van der Waals surface area contributed by atoms with Crippen molar-refractivity contribution in [3.8, 4) is 11.9 Å². The predicted molar refractivity (Wildman–Crippen MR) is 98.1 cm³/mol. The summed E-state index contributed by atoms with van der Waals surface area (Å²) in [7, 11) is 0. The molecule has 0 atom stereocenters. The lowest BCUT2D eigenvalue weighted by molar-refractivity contribution is -0.150. The second kappa shape index (κ2) is 7.37. The molecule has 2 aliphatic heterocycles. The third-order valence-electron chi connectivity index (χ3n) is 5.37. The summed E-state index contributed by atoms with van der Waals surface area (Å²) in [6.45, 7) is 2.30. The number of rotatable bonds is 4. The number of pyridine rings is 1. The highest BCUT2D eigenvalue weighted by molar-refractivity contribution is 5.89. The molecule has 2 fully saturated rings. The lowest BCUT2D eigenvalue weighted by Crippen LogP contribution is -2.61. The molecule has 1 aromatic heterocycles. The molecular formula is C21H21N3O3. The molecule has 138 valence electrons. The largest absolute Gasteiger partial charge is 0.471 e. The van der Waals surface area contributed by atoms with E-state index in [2.05, 4.69) is 4.98 Å². The van der Waals surface area contributed by atoms with Crippen LogP contribution >= 0.6 is 0 Å². The van der Waals surface area contributed by atoms with Gasteiger partial charge in [-0.15, -0.1) is 0 Å². The molecule has 27 heavy (non-hydrogen) atoms. The molecule has 1 amide bonds. The van der Waals surface area contributed by atoms with Crippen molar-refractivity contribution in [1.29, 1.82) is 5.26 Å². The fraction of sp³-hybridized carbons (Fsp3) is 0.381. The quantitative estimate of drug-likeness (QED) is 0.833. The Morgan fingerprint density at radius 1 is 1.19 bits per heavy atom. The number of nitriles is 1. The molecule has 0 spiro atoms. The molecule has 2 saturated heterocycles. The highest BCUT2D eigenvalue weighted by Crippen LogP contribution is 2.38. The van der Waals surface area contributed by atoms with Crippen LogP contribution in [0.15, 0.2) is 48.7 Å². The first-order valence-corrected chi connectivity index (χ1v) is 9.17. The summed E-state index contributed by atoms with van der Waals surface area (Å²) in [4.78, 5) is 19.3. The molecule has 6 nitrogen and oxygen atoms in total. The van der Waals surface area contributed by atoms with Crippen LogP contribution in [0, 0.1) is 11.3 Å². The number of carbonyl (C=O) groups is 1. The lowest BCUT2D eigenvalue weighted by Gasteiger charge is -2.46. The van der Waals surface area contributed by atoms with Gasteiger partial charge in [-0.1, -0.05) is 30.3 Å². The fourth-order valence-corrected chi connectivity index (χ4v) is 3.77. The highest BCUT2D eigenvalue weighted by Gasteiger charge is 2.47. The van der Waals surface area contributed by atoms with Gasteiger partial charge >= 0.3 is 0 Å². The van der Waals surface area contributed by atoms with Gasteiger partial charge in [-0.25, -0.2) is 4.98 Å². The summed E-state index contributed by atoms with van der Waals surface area (Å²) in [5.74, 6) is 0.638. The molecule has 6 heteroatoms. The Kier molecular flexibility index (Phi) is 4.78. The van der Waals surface area contributed by atoms with Gasteiger partial charge in [0.1, 0.15) is 12.2 Å². The van der Waals surface area contributed by atoms with Gasteiger partial charge in [-0.05, 0) is 24.5 Å². The summed E-state index contributed by atoms with van der Waals surface area (Å²) < 4.78 is 11.3. The monoisotopic (exact) mass is 363 g/mol. The van der Waals surface area contributed by atoms with E-state index in [-0.39, 0.29) is 12.0 Å². The second-order valence-corrected chi connectivity index (χ2v) is 7.01. The van der Waals surface area contributed by atoms with Crippen LogP contribution in [0.1, 0.15) is 24.0 Å². The van der Waals surface area contributed by atoms with Gasteiger partial charge in [0, 0.05) is 25.5 Å². The molecule has 0 N–H and O–H groups in total. The summed E-state index contributed by atoms with van der Waals surface area (Å²) in [6.07, 6.45) is 2.83. The summed E-state index contributed by atoms with van der Waals surface area (Å²) in [5.41, 5.74) is 1.06. The first kappa shape index (κ1) is 17.5. The van der Waals surface area contributed by atoms with E-state index in [9.17, 15) is 4.79 Å². The van der Waals surface area contributed by atoms with Crippen molar-refractivity contribution in [1.82, 2.24) is 9.88 Å². The maximum atomic E-state index is 13.3. The highest BCUT2D eigenvalue weighted by atomic mass is 16.5. The van der Waals surface area contributed by atoms with Gasteiger partial charge in [-0.3, -0.25) is 4.79 Å². The van der Waals surface area contributed by atoms with Crippen molar-refractivity contribution < 1.29 is 14.3 Å².